The summed E-state index contributed by atoms with van der Waals surface area (Å²) in [6, 6.07) is 1.64. The van der Waals surface area contributed by atoms with E-state index in [0.29, 0.717) is 12.5 Å². The highest BCUT2D eigenvalue weighted by molar-refractivity contribution is 7.88. The number of hydrogen-bond donors (Lipinski definition) is 0. The molecule has 1 aromatic rings. The normalized spacial score (nSPS) is 21.2. The second-order valence-corrected chi connectivity index (χ2v) is 6.64. The fourth-order valence-electron chi connectivity index (χ4n) is 2.20. The van der Waals surface area contributed by atoms with E-state index in [2.05, 4.69) is 9.97 Å². The molecule has 18 heavy (non-hydrogen) atoms. The predicted octanol–water partition coefficient (Wildman–Crippen LogP) is 0.639. The van der Waals surface area contributed by atoms with Gasteiger partial charge in [-0.3, -0.25) is 0 Å². The summed E-state index contributed by atoms with van der Waals surface area (Å²) in [6.45, 7) is 0.574. The van der Waals surface area contributed by atoms with Crippen molar-refractivity contribution < 1.29 is 8.42 Å². The Hall–Kier alpha value is -1.21. The zero-order valence-electron chi connectivity index (χ0n) is 10.9. The van der Waals surface area contributed by atoms with Crippen molar-refractivity contribution >= 4 is 16.0 Å². The van der Waals surface area contributed by atoms with Crippen molar-refractivity contribution in [3.63, 3.8) is 0 Å². The van der Waals surface area contributed by atoms with E-state index in [-0.39, 0.29) is 6.04 Å². The van der Waals surface area contributed by atoms with Crippen LogP contribution in [0.2, 0.25) is 0 Å². The van der Waals surface area contributed by atoms with Crippen LogP contribution in [0.3, 0.4) is 0 Å². The van der Waals surface area contributed by atoms with E-state index in [1.54, 1.807) is 12.3 Å². The van der Waals surface area contributed by atoms with Gasteiger partial charge in [-0.2, -0.15) is 4.31 Å². The summed E-state index contributed by atoms with van der Waals surface area (Å²) in [4.78, 5) is 10.4. The number of sulfonamides is 1. The molecule has 1 aromatic heterocycles. The van der Waals surface area contributed by atoms with E-state index >= 15 is 0 Å². The summed E-state index contributed by atoms with van der Waals surface area (Å²) in [5.41, 5.74) is 0.775. The van der Waals surface area contributed by atoms with Crippen LogP contribution in [0.5, 0.6) is 0 Å². The smallest absolute Gasteiger partial charge is 0.225 e. The Morgan fingerprint density at radius 3 is 2.78 bits per heavy atom. The van der Waals surface area contributed by atoms with Gasteiger partial charge in [0.25, 0.3) is 0 Å². The Bertz CT molecular complexity index is 530. The van der Waals surface area contributed by atoms with Crippen molar-refractivity contribution in [2.45, 2.75) is 18.9 Å². The van der Waals surface area contributed by atoms with Crippen molar-refractivity contribution in [2.24, 2.45) is 0 Å². The van der Waals surface area contributed by atoms with Crippen LogP contribution in [0.15, 0.2) is 12.3 Å². The van der Waals surface area contributed by atoms with Gasteiger partial charge in [0.1, 0.15) is 0 Å². The number of anilines is 1. The minimum Gasteiger partial charge on any atom is -0.347 e. The summed E-state index contributed by atoms with van der Waals surface area (Å²) in [6.07, 6.45) is 4.62. The summed E-state index contributed by atoms with van der Waals surface area (Å²) in [7, 11) is 0.553. The summed E-state index contributed by atoms with van der Waals surface area (Å²) < 4.78 is 24.9. The van der Waals surface area contributed by atoms with Gasteiger partial charge in [0.05, 0.1) is 18.0 Å². The van der Waals surface area contributed by atoms with Gasteiger partial charge in [-0.05, 0) is 18.9 Å². The van der Waals surface area contributed by atoms with E-state index in [1.165, 1.54) is 10.6 Å². The average Bonchev–Trinajstić information content (AvgIpc) is 2.77. The van der Waals surface area contributed by atoms with Crippen LogP contribution in [0.25, 0.3) is 0 Å². The molecule has 1 atom stereocenters. The molecule has 0 N–H and O–H groups in total. The van der Waals surface area contributed by atoms with Gasteiger partial charge in [0, 0.05) is 26.8 Å². The van der Waals surface area contributed by atoms with Gasteiger partial charge in [0.2, 0.25) is 16.0 Å². The molecule has 2 rings (SSSR count). The molecule has 0 saturated carbocycles. The SMILES string of the molecule is CN(C)c1nccc(C2CCCN2S(C)(=O)=O)n1. The van der Waals surface area contributed by atoms with Crippen LogP contribution in [0.4, 0.5) is 5.95 Å². The van der Waals surface area contributed by atoms with Crippen molar-refractivity contribution in [3.05, 3.63) is 18.0 Å². The third-order valence-electron chi connectivity index (χ3n) is 3.04. The highest BCUT2D eigenvalue weighted by Crippen LogP contribution is 2.32. The van der Waals surface area contributed by atoms with E-state index in [4.69, 9.17) is 0 Å². The standard InChI is InChI=1S/C11H18N4O2S/c1-14(2)11-12-7-6-9(13-11)10-5-4-8-15(10)18(3,16)17/h6-7,10H,4-5,8H2,1-3H3. The molecule has 1 aliphatic rings. The van der Waals surface area contributed by atoms with E-state index in [0.717, 1.165) is 18.5 Å². The molecule has 0 spiro atoms. The second-order valence-electron chi connectivity index (χ2n) is 4.71. The van der Waals surface area contributed by atoms with Gasteiger partial charge < -0.3 is 4.90 Å². The van der Waals surface area contributed by atoms with Crippen LogP contribution < -0.4 is 4.90 Å². The monoisotopic (exact) mass is 270 g/mol. The first-order chi connectivity index (χ1) is 8.39. The Morgan fingerprint density at radius 1 is 1.44 bits per heavy atom. The number of rotatable bonds is 3. The van der Waals surface area contributed by atoms with Crippen molar-refractivity contribution in [3.8, 4) is 0 Å². The molecular weight excluding hydrogens is 252 g/mol. The van der Waals surface area contributed by atoms with Gasteiger partial charge in [0.15, 0.2) is 0 Å². The fraction of sp³-hybridized carbons (Fsp3) is 0.636. The molecule has 0 aliphatic carbocycles. The number of aromatic nitrogens is 2. The number of nitrogens with zero attached hydrogens (tertiary/aromatic N) is 4. The Morgan fingerprint density at radius 2 is 2.17 bits per heavy atom. The quantitative estimate of drug-likeness (QED) is 0.806. The molecule has 100 valence electrons. The number of hydrogen-bond acceptors (Lipinski definition) is 5. The molecule has 7 heteroatoms. The van der Waals surface area contributed by atoms with E-state index in [1.807, 2.05) is 19.0 Å². The van der Waals surface area contributed by atoms with Gasteiger partial charge in [-0.25, -0.2) is 18.4 Å². The maximum atomic E-state index is 11.7. The van der Waals surface area contributed by atoms with Gasteiger partial charge >= 0.3 is 0 Å². The van der Waals surface area contributed by atoms with Crippen molar-refractivity contribution in [1.29, 1.82) is 0 Å². The van der Waals surface area contributed by atoms with Gasteiger partial charge in [-0.15, -0.1) is 0 Å². The molecule has 6 nitrogen and oxygen atoms in total. The predicted molar refractivity (Wildman–Crippen MR) is 69.9 cm³/mol. The Labute approximate surface area is 108 Å². The Balaban J connectivity index is 2.33. The second kappa shape index (κ2) is 4.81. The first-order valence-electron chi connectivity index (χ1n) is 5.86. The van der Waals surface area contributed by atoms with Crippen LogP contribution in [-0.4, -0.2) is 49.6 Å². The zero-order chi connectivity index (χ0) is 13.3. The maximum absolute atomic E-state index is 11.7. The lowest BCUT2D eigenvalue weighted by Gasteiger charge is -2.22. The molecule has 1 saturated heterocycles. The first kappa shape index (κ1) is 13.2. The molecule has 1 fully saturated rings. The fourth-order valence-corrected chi connectivity index (χ4v) is 3.33. The maximum Gasteiger partial charge on any atom is 0.225 e. The minimum atomic E-state index is -3.17. The van der Waals surface area contributed by atoms with E-state index < -0.39 is 10.0 Å². The topological polar surface area (TPSA) is 66.4 Å². The largest absolute Gasteiger partial charge is 0.347 e. The van der Waals surface area contributed by atoms with Crippen LogP contribution in [0.1, 0.15) is 24.6 Å². The molecule has 0 aromatic carbocycles. The van der Waals surface area contributed by atoms with Crippen LogP contribution in [0, 0.1) is 0 Å². The van der Waals surface area contributed by atoms with Crippen molar-refractivity contribution in [2.75, 3.05) is 31.8 Å². The lowest BCUT2D eigenvalue weighted by molar-refractivity contribution is 0.394. The first-order valence-corrected chi connectivity index (χ1v) is 7.71. The summed E-state index contributed by atoms with van der Waals surface area (Å²) >= 11 is 0. The molecule has 1 aliphatic heterocycles. The third-order valence-corrected chi connectivity index (χ3v) is 4.32. The molecule has 0 bridgehead atoms. The average molecular weight is 270 g/mol. The minimum absolute atomic E-state index is 0.151. The summed E-state index contributed by atoms with van der Waals surface area (Å²) in [5.74, 6) is 0.604. The molecular formula is C11H18N4O2S. The molecule has 0 radical (unpaired) electrons. The summed E-state index contributed by atoms with van der Waals surface area (Å²) in [5, 5.41) is 0. The van der Waals surface area contributed by atoms with Crippen LogP contribution >= 0.6 is 0 Å². The van der Waals surface area contributed by atoms with E-state index in [9.17, 15) is 8.42 Å². The highest BCUT2D eigenvalue weighted by Gasteiger charge is 2.33. The zero-order valence-corrected chi connectivity index (χ0v) is 11.7. The van der Waals surface area contributed by atoms with Crippen LogP contribution in [-0.2, 0) is 10.0 Å². The highest BCUT2D eigenvalue weighted by atomic mass is 32.2. The van der Waals surface area contributed by atoms with Gasteiger partial charge in [-0.1, -0.05) is 0 Å². The molecule has 0 amide bonds. The third kappa shape index (κ3) is 2.62. The lowest BCUT2D eigenvalue weighted by Crippen LogP contribution is -2.30. The molecule has 1 unspecified atom stereocenters. The lowest BCUT2D eigenvalue weighted by atomic mass is 10.1. The Kier molecular flexibility index (Phi) is 3.54. The van der Waals surface area contributed by atoms with Crippen molar-refractivity contribution in [1.82, 2.24) is 14.3 Å². The molecule has 2 heterocycles.